The van der Waals surface area contributed by atoms with Crippen LogP contribution in [0.2, 0.25) is 0 Å². The molecule has 0 radical (unpaired) electrons. The molecule has 0 aliphatic rings. The summed E-state index contributed by atoms with van der Waals surface area (Å²) in [4.78, 5) is 26.4. The van der Waals surface area contributed by atoms with Gasteiger partial charge in [0.1, 0.15) is 0 Å². The van der Waals surface area contributed by atoms with Crippen LogP contribution in [0.3, 0.4) is 0 Å². The number of aryl methyl sites for hydroxylation is 2. The van der Waals surface area contributed by atoms with Crippen LogP contribution in [0, 0.1) is 13.8 Å². The van der Waals surface area contributed by atoms with Crippen molar-refractivity contribution in [2.45, 2.75) is 27.2 Å². The minimum absolute atomic E-state index is 0. The maximum atomic E-state index is 12.5. The van der Waals surface area contributed by atoms with Crippen LogP contribution in [0.4, 0.5) is 11.4 Å². The number of nitrogens with two attached hydrogens (primary N) is 1. The van der Waals surface area contributed by atoms with Crippen molar-refractivity contribution >= 4 is 35.6 Å². The molecule has 140 valence electrons. The highest BCUT2D eigenvalue weighted by Crippen LogP contribution is 2.19. The number of carbonyl (C=O) groups is 2. The Morgan fingerprint density at radius 2 is 1.62 bits per heavy atom. The van der Waals surface area contributed by atoms with Gasteiger partial charge in [-0.05, 0) is 49.6 Å². The first-order valence-electron chi connectivity index (χ1n) is 8.39. The minimum Gasteiger partial charge on any atom is -0.399 e. The number of halogens is 1. The summed E-state index contributed by atoms with van der Waals surface area (Å²) in [6, 6.07) is 13.1. The predicted molar refractivity (Wildman–Crippen MR) is 109 cm³/mol. The van der Waals surface area contributed by atoms with Crippen LogP contribution in [0.25, 0.3) is 0 Å². The molecule has 2 aromatic carbocycles. The average Bonchev–Trinajstić information content (AvgIpc) is 2.58. The van der Waals surface area contributed by atoms with Crippen LogP contribution in [0.5, 0.6) is 0 Å². The molecular weight excluding hydrogens is 350 g/mol. The van der Waals surface area contributed by atoms with Gasteiger partial charge in [-0.2, -0.15) is 0 Å². The first kappa shape index (κ1) is 21.5. The summed E-state index contributed by atoms with van der Waals surface area (Å²) < 4.78 is 0. The summed E-state index contributed by atoms with van der Waals surface area (Å²) in [6.45, 7) is 6.29. The lowest BCUT2D eigenvalue weighted by molar-refractivity contribution is -0.133. The van der Waals surface area contributed by atoms with Crippen LogP contribution in [0.15, 0.2) is 42.5 Å². The molecule has 26 heavy (non-hydrogen) atoms. The highest BCUT2D eigenvalue weighted by atomic mass is 35.5. The van der Waals surface area contributed by atoms with E-state index in [9.17, 15) is 9.59 Å². The van der Waals surface area contributed by atoms with E-state index in [2.05, 4.69) is 5.32 Å². The molecule has 0 atom stereocenters. The second-order valence-corrected chi connectivity index (χ2v) is 6.14. The second-order valence-electron chi connectivity index (χ2n) is 6.14. The smallest absolute Gasteiger partial charge is 0.244 e. The summed E-state index contributed by atoms with van der Waals surface area (Å²) in [6.07, 6.45) is 0.255. The second kappa shape index (κ2) is 9.82. The average molecular weight is 376 g/mol. The van der Waals surface area contributed by atoms with Crippen LogP contribution >= 0.6 is 12.4 Å². The molecule has 2 amide bonds. The van der Waals surface area contributed by atoms with E-state index >= 15 is 0 Å². The molecule has 2 rings (SSSR count). The number of rotatable bonds is 6. The maximum Gasteiger partial charge on any atom is 0.244 e. The van der Waals surface area contributed by atoms with Crippen molar-refractivity contribution in [2.75, 3.05) is 24.1 Å². The number of carbonyl (C=O) groups excluding carboxylic acids is 2. The highest BCUT2D eigenvalue weighted by Gasteiger charge is 2.17. The molecular formula is C20H26ClN3O2. The Morgan fingerprint density at radius 3 is 2.15 bits per heavy atom. The van der Waals surface area contributed by atoms with Gasteiger partial charge < -0.3 is 16.0 Å². The van der Waals surface area contributed by atoms with Crippen molar-refractivity contribution in [3.63, 3.8) is 0 Å². The molecule has 0 aromatic heterocycles. The van der Waals surface area contributed by atoms with Crippen LogP contribution in [-0.2, 0) is 16.0 Å². The van der Waals surface area contributed by atoms with E-state index in [4.69, 9.17) is 5.73 Å². The van der Waals surface area contributed by atoms with E-state index in [1.54, 1.807) is 17.0 Å². The van der Waals surface area contributed by atoms with Gasteiger partial charge in [0.2, 0.25) is 11.8 Å². The lowest BCUT2D eigenvalue weighted by Gasteiger charge is -2.21. The molecule has 0 saturated carbocycles. The Morgan fingerprint density at radius 1 is 1.04 bits per heavy atom. The largest absolute Gasteiger partial charge is 0.399 e. The number of para-hydroxylation sites is 1. The van der Waals surface area contributed by atoms with Gasteiger partial charge in [-0.1, -0.05) is 30.3 Å². The third-order valence-corrected chi connectivity index (χ3v) is 4.15. The third-order valence-electron chi connectivity index (χ3n) is 4.15. The summed E-state index contributed by atoms with van der Waals surface area (Å²) in [5.41, 5.74) is 10.0. The Balaban J connectivity index is 0.00000338. The number of hydrogen-bond donors (Lipinski definition) is 2. The van der Waals surface area contributed by atoms with Gasteiger partial charge in [0, 0.05) is 17.9 Å². The fourth-order valence-electron chi connectivity index (χ4n) is 2.66. The van der Waals surface area contributed by atoms with Crippen LogP contribution in [-0.4, -0.2) is 29.8 Å². The Hall–Kier alpha value is -2.53. The van der Waals surface area contributed by atoms with Gasteiger partial charge in [-0.25, -0.2) is 0 Å². The van der Waals surface area contributed by atoms with E-state index in [0.29, 0.717) is 12.2 Å². The first-order valence-corrected chi connectivity index (χ1v) is 8.39. The lowest BCUT2D eigenvalue weighted by Crippen LogP contribution is -2.38. The number of nitrogens with zero attached hydrogens (tertiary/aromatic N) is 1. The van der Waals surface area contributed by atoms with Crippen molar-refractivity contribution in [3.05, 3.63) is 59.2 Å². The van der Waals surface area contributed by atoms with Crippen molar-refractivity contribution in [1.82, 2.24) is 4.90 Å². The number of hydrogen-bond acceptors (Lipinski definition) is 3. The van der Waals surface area contributed by atoms with Gasteiger partial charge in [0.05, 0.1) is 13.0 Å². The molecule has 6 heteroatoms. The van der Waals surface area contributed by atoms with Gasteiger partial charge in [0.15, 0.2) is 0 Å². The van der Waals surface area contributed by atoms with Crippen LogP contribution in [0.1, 0.15) is 23.6 Å². The zero-order valence-electron chi connectivity index (χ0n) is 15.4. The minimum atomic E-state index is -0.190. The van der Waals surface area contributed by atoms with Gasteiger partial charge >= 0.3 is 0 Å². The number of nitrogens with one attached hydrogen (secondary N) is 1. The molecule has 0 spiro atoms. The molecule has 2 aromatic rings. The SMILES string of the molecule is CCN(CC(=O)Nc1c(C)cccc1C)C(=O)Cc1ccc(N)cc1.Cl. The molecule has 0 unspecified atom stereocenters. The molecule has 0 fully saturated rings. The molecule has 0 saturated heterocycles. The summed E-state index contributed by atoms with van der Waals surface area (Å²) in [5, 5.41) is 2.92. The molecule has 0 aliphatic heterocycles. The van der Waals surface area contributed by atoms with E-state index in [1.165, 1.54) is 0 Å². The van der Waals surface area contributed by atoms with E-state index < -0.39 is 0 Å². The van der Waals surface area contributed by atoms with Crippen molar-refractivity contribution in [2.24, 2.45) is 0 Å². The molecule has 0 aliphatic carbocycles. The van der Waals surface area contributed by atoms with E-state index in [0.717, 1.165) is 22.4 Å². The normalized spacial score (nSPS) is 9.96. The van der Waals surface area contributed by atoms with Gasteiger partial charge in [-0.3, -0.25) is 9.59 Å². The molecule has 3 N–H and O–H groups in total. The Kier molecular flexibility index (Phi) is 8.13. The topological polar surface area (TPSA) is 75.4 Å². The van der Waals surface area contributed by atoms with Gasteiger partial charge in [0.25, 0.3) is 0 Å². The predicted octanol–water partition coefficient (Wildman–Crippen LogP) is 3.34. The Labute approximate surface area is 161 Å². The monoisotopic (exact) mass is 375 g/mol. The van der Waals surface area contributed by atoms with Crippen molar-refractivity contribution in [3.8, 4) is 0 Å². The highest BCUT2D eigenvalue weighted by molar-refractivity contribution is 5.96. The molecule has 5 nitrogen and oxygen atoms in total. The van der Waals surface area contributed by atoms with E-state index in [1.807, 2.05) is 51.1 Å². The van der Waals surface area contributed by atoms with E-state index in [-0.39, 0.29) is 37.2 Å². The Bertz CT molecular complexity index is 740. The summed E-state index contributed by atoms with van der Waals surface area (Å²) in [7, 11) is 0. The van der Waals surface area contributed by atoms with Crippen molar-refractivity contribution < 1.29 is 9.59 Å². The molecule has 0 bridgehead atoms. The summed E-state index contributed by atoms with van der Waals surface area (Å²) in [5.74, 6) is -0.270. The fraction of sp³-hybridized carbons (Fsp3) is 0.300. The summed E-state index contributed by atoms with van der Waals surface area (Å²) >= 11 is 0. The first-order chi connectivity index (χ1) is 11.9. The fourth-order valence-corrected chi connectivity index (χ4v) is 2.66. The number of anilines is 2. The number of likely N-dealkylation sites (N-methyl/N-ethyl adjacent to an activating group) is 1. The number of nitrogen functional groups attached to an aromatic ring is 1. The van der Waals surface area contributed by atoms with Crippen LogP contribution < -0.4 is 11.1 Å². The zero-order valence-corrected chi connectivity index (χ0v) is 16.2. The number of benzene rings is 2. The molecule has 0 heterocycles. The lowest BCUT2D eigenvalue weighted by atomic mass is 10.1. The maximum absolute atomic E-state index is 12.5. The standard InChI is InChI=1S/C20H25N3O2.ClH/c1-4-23(19(25)12-16-8-10-17(21)11-9-16)13-18(24)22-20-14(2)6-5-7-15(20)3;/h5-11H,4,12-13,21H2,1-3H3,(H,22,24);1H. The third kappa shape index (κ3) is 5.77. The zero-order chi connectivity index (χ0) is 18.4. The number of amides is 2. The quantitative estimate of drug-likeness (QED) is 0.760. The van der Waals surface area contributed by atoms with Gasteiger partial charge in [-0.15, -0.1) is 12.4 Å². The van der Waals surface area contributed by atoms with Crippen molar-refractivity contribution in [1.29, 1.82) is 0 Å².